The zero-order valence-corrected chi connectivity index (χ0v) is 13.7. The second kappa shape index (κ2) is 8.16. The molecule has 6 nitrogen and oxygen atoms in total. The molecular weight excluding hydrogens is 311 g/mol. The van der Waals surface area contributed by atoms with Crippen molar-refractivity contribution in [1.29, 1.82) is 0 Å². The molecule has 0 amide bonds. The van der Waals surface area contributed by atoms with Crippen molar-refractivity contribution in [2.45, 2.75) is 24.7 Å². The molecule has 0 bridgehead atoms. The molecule has 2 unspecified atom stereocenters. The third-order valence-electron chi connectivity index (χ3n) is 4.08. The normalized spacial score (nSPS) is 28.1. The fourth-order valence-corrected chi connectivity index (χ4v) is 2.94. The van der Waals surface area contributed by atoms with Gasteiger partial charge in [0, 0.05) is 45.8 Å². The highest BCUT2D eigenvalue weighted by atomic mass is 19.4. The standard InChI is InChI=1S/C14H26F3N5O/c1-18-13(19-7-12-9-21(2)5-6-23-12)20-11-3-4-22(8-11)10-14(15,16)17/h11-12H,3-10H2,1-2H3,(H2,18,19,20). The van der Waals surface area contributed by atoms with E-state index in [1.54, 1.807) is 7.05 Å². The van der Waals surface area contributed by atoms with Gasteiger partial charge in [-0.1, -0.05) is 0 Å². The van der Waals surface area contributed by atoms with Crippen molar-refractivity contribution in [1.82, 2.24) is 20.4 Å². The highest BCUT2D eigenvalue weighted by Crippen LogP contribution is 2.19. The van der Waals surface area contributed by atoms with Gasteiger partial charge in [-0.05, 0) is 13.5 Å². The van der Waals surface area contributed by atoms with Gasteiger partial charge < -0.3 is 20.3 Å². The summed E-state index contributed by atoms with van der Waals surface area (Å²) in [4.78, 5) is 7.77. The number of guanidine groups is 1. The monoisotopic (exact) mass is 337 g/mol. The molecule has 9 heteroatoms. The highest BCUT2D eigenvalue weighted by Gasteiger charge is 2.34. The number of morpholine rings is 1. The van der Waals surface area contributed by atoms with E-state index in [9.17, 15) is 13.2 Å². The Labute approximate surface area is 135 Å². The van der Waals surface area contributed by atoms with E-state index in [-0.39, 0.29) is 12.1 Å². The van der Waals surface area contributed by atoms with Gasteiger partial charge in [-0.15, -0.1) is 0 Å². The molecule has 0 aromatic heterocycles. The van der Waals surface area contributed by atoms with Crippen molar-refractivity contribution >= 4 is 5.96 Å². The number of ether oxygens (including phenoxy) is 1. The van der Waals surface area contributed by atoms with Crippen molar-refractivity contribution in [3.63, 3.8) is 0 Å². The van der Waals surface area contributed by atoms with Crippen molar-refractivity contribution in [3.05, 3.63) is 0 Å². The van der Waals surface area contributed by atoms with E-state index in [0.717, 1.165) is 13.1 Å². The highest BCUT2D eigenvalue weighted by molar-refractivity contribution is 5.80. The van der Waals surface area contributed by atoms with E-state index >= 15 is 0 Å². The van der Waals surface area contributed by atoms with Gasteiger partial charge in [-0.25, -0.2) is 0 Å². The number of rotatable bonds is 4. The maximum Gasteiger partial charge on any atom is 0.401 e. The van der Waals surface area contributed by atoms with Crippen molar-refractivity contribution in [2.24, 2.45) is 4.99 Å². The number of aliphatic imine (C=N–C) groups is 1. The molecule has 0 radical (unpaired) electrons. The second-order valence-corrected chi connectivity index (χ2v) is 6.19. The molecule has 0 aliphatic carbocycles. The Balaban J connectivity index is 1.71. The Kier molecular flexibility index (Phi) is 6.49. The van der Waals surface area contributed by atoms with E-state index < -0.39 is 12.7 Å². The number of hydrogen-bond donors (Lipinski definition) is 2. The summed E-state index contributed by atoms with van der Waals surface area (Å²) < 4.78 is 42.9. The van der Waals surface area contributed by atoms with Gasteiger partial charge in [-0.2, -0.15) is 13.2 Å². The van der Waals surface area contributed by atoms with Gasteiger partial charge in [0.15, 0.2) is 5.96 Å². The summed E-state index contributed by atoms with van der Waals surface area (Å²) in [6.07, 6.45) is -3.36. The molecule has 0 aromatic carbocycles. The van der Waals surface area contributed by atoms with Gasteiger partial charge in [0.2, 0.25) is 0 Å². The summed E-state index contributed by atoms with van der Waals surface area (Å²) in [6.45, 7) is 3.10. The Morgan fingerprint density at radius 2 is 2.09 bits per heavy atom. The topological polar surface area (TPSA) is 52.1 Å². The summed E-state index contributed by atoms with van der Waals surface area (Å²) in [5.74, 6) is 0.612. The first-order valence-electron chi connectivity index (χ1n) is 7.92. The first-order chi connectivity index (χ1) is 10.9. The summed E-state index contributed by atoms with van der Waals surface area (Å²) >= 11 is 0. The Morgan fingerprint density at radius 3 is 2.74 bits per heavy atom. The van der Waals surface area contributed by atoms with E-state index in [0.29, 0.717) is 38.6 Å². The molecule has 0 saturated carbocycles. The zero-order chi connectivity index (χ0) is 16.9. The number of likely N-dealkylation sites (tertiary alicyclic amines) is 1. The molecule has 0 spiro atoms. The molecule has 2 heterocycles. The van der Waals surface area contributed by atoms with Crippen LogP contribution in [-0.4, -0.2) is 94.1 Å². The van der Waals surface area contributed by atoms with E-state index in [1.807, 2.05) is 0 Å². The molecule has 2 N–H and O–H groups in total. The van der Waals surface area contributed by atoms with E-state index in [1.165, 1.54) is 4.90 Å². The van der Waals surface area contributed by atoms with Crippen LogP contribution in [0.3, 0.4) is 0 Å². The minimum Gasteiger partial charge on any atom is -0.374 e. The number of likely N-dealkylation sites (N-methyl/N-ethyl adjacent to an activating group) is 1. The Hall–Kier alpha value is -1.06. The lowest BCUT2D eigenvalue weighted by Crippen LogP contribution is -2.50. The average molecular weight is 337 g/mol. The van der Waals surface area contributed by atoms with Crippen LogP contribution in [0.15, 0.2) is 4.99 Å². The van der Waals surface area contributed by atoms with Crippen molar-refractivity contribution < 1.29 is 17.9 Å². The van der Waals surface area contributed by atoms with Crippen LogP contribution in [0.4, 0.5) is 13.2 Å². The fourth-order valence-electron chi connectivity index (χ4n) is 2.94. The summed E-state index contributed by atoms with van der Waals surface area (Å²) in [6, 6.07) is -0.0153. The van der Waals surface area contributed by atoms with Crippen LogP contribution < -0.4 is 10.6 Å². The number of nitrogens with zero attached hydrogens (tertiary/aromatic N) is 3. The van der Waals surface area contributed by atoms with Gasteiger partial charge >= 0.3 is 6.18 Å². The fraction of sp³-hybridized carbons (Fsp3) is 0.929. The molecule has 23 heavy (non-hydrogen) atoms. The van der Waals surface area contributed by atoms with Crippen LogP contribution in [0.2, 0.25) is 0 Å². The van der Waals surface area contributed by atoms with E-state index in [4.69, 9.17) is 4.74 Å². The van der Waals surface area contributed by atoms with Crippen LogP contribution in [0.5, 0.6) is 0 Å². The number of halogens is 3. The van der Waals surface area contributed by atoms with Crippen LogP contribution >= 0.6 is 0 Å². The number of nitrogens with one attached hydrogen (secondary N) is 2. The van der Waals surface area contributed by atoms with Crippen LogP contribution in [0.1, 0.15) is 6.42 Å². The summed E-state index contributed by atoms with van der Waals surface area (Å²) in [5, 5.41) is 6.39. The molecule has 2 aliphatic rings. The van der Waals surface area contributed by atoms with Gasteiger partial charge in [0.25, 0.3) is 0 Å². The minimum atomic E-state index is -4.14. The van der Waals surface area contributed by atoms with Crippen LogP contribution in [0.25, 0.3) is 0 Å². The lowest BCUT2D eigenvalue weighted by molar-refractivity contribution is -0.143. The third kappa shape index (κ3) is 6.52. The first-order valence-corrected chi connectivity index (χ1v) is 7.92. The number of hydrogen-bond acceptors (Lipinski definition) is 4. The van der Waals surface area contributed by atoms with Crippen molar-refractivity contribution in [3.8, 4) is 0 Å². The van der Waals surface area contributed by atoms with Crippen LogP contribution in [-0.2, 0) is 4.74 Å². The summed E-state index contributed by atoms with van der Waals surface area (Å²) in [7, 11) is 3.71. The molecule has 2 aliphatic heterocycles. The Bertz CT molecular complexity index is 404. The van der Waals surface area contributed by atoms with Crippen molar-refractivity contribution in [2.75, 3.05) is 60.0 Å². The zero-order valence-electron chi connectivity index (χ0n) is 13.7. The Morgan fingerprint density at radius 1 is 1.30 bits per heavy atom. The van der Waals surface area contributed by atoms with Gasteiger partial charge in [-0.3, -0.25) is 9.89 Å². The molecular formula is C14H26F3N5O. The minimum absolute atomic E-state index is 0.0153. The average Bonchev–Trinajstić information content (AvgIpc) is 2.88. The number of alkyl halides is 3. The molecule has 2 rings (SSSR count). The van der Waals surface area contributed by atoms with Crippen LogP contribution in [0, 0.1) is 0 Å². The van der Waals surface area contributed by atoms with Gasteiger partial charge in [0.1, 0.15) is 0 Å². The maximum atomic E-state index is 12.4. The first kappa shape index (κ1) is 18.3. The predicted octanol–water partition coefficient (Wildman–Crippen LogP) is 0.119. The summed E-state index contributed by atoms with van der Waals surface area (Å²) in [5.41, 5.74) is 0. The maximum absolute atomic E-state index is 12.4. The lowest BCUT2D eigenvalue weighted by atomic mass is 10.2. The molecule has 2 fully saturated rings. The quantitative estimate of drug-likeness (QED) is 0.564. The van der Waals surface area contributed by atoms with E-state index in [2.05, 4.69) is 27.6 Å². The largest absolute Gasteiger partial charge is 0.401 e. The SMILES string of the molecule is CN=C(NCC1CN(C)CCO1)NC1CCN(CC(F)(F)F)C1. The second-order valence-electron chi connectivity index (χ2n) is 6.19. The molecule has 134 valence electrons. The molecule has 0 aromatic rings. The predicted molar refractivity (Wildman–Crippen MR) is 82.6 cm³/mol. The lowest BCUT2D eigenvalue weighted by Gasteiger charge is -2.30. The van der Waals surface area contributed by atoms with Gasteiger partial charge in [0.05, 0.1) is 19.3 Å². The third-order valence-corrected chi connectivity index (χ3v) is 4.08. The molecule has 2 atom stereocenters. The smallest absolute Gasteiger partial charge is 0.374 e. The molecule has 2 saturated heterocycles.